The average molecular weight is 633 g/mol. The number of allylic oxidation sites excluding steroid dienone is 1. The van der Waals surface area contributed by atoms with Gasteiger partial charge in [0.05, 0.1) is 0 Å². The molecule has 0 saturated carbocycles. The molecule has 0 aliphatic heterocycles. The van der Waals surface area contributed by atoms with Crippen molar-refractivity contribution in [3.63, 3.8) is 0 Å². The van der Waals surface area contributed by atoms with Crippen LogP contribution in [0.2, 0.25) is 0 Å². The number of fused-ring (bicyclic) bond motifs is 1. The third kappa shape index (κ3) is 11.3. The Morgan fingerprint density at radius 3 is 2.15 bits per heavy atom. The summed E-state index contributed by atoms with van der Waals surface area (Å²) in [6.07, 6.45) is 18.3. The minimum Gasteiger partial charge on any atom is -0.294 e. The molecule has 1 nitrogen and oxygen atoms in total. The van der Waals surface area contributed by atoms with E-state index in [2.05, 4.69) is 114 Å². The van der Waals surface area contributed by atoms with Crippen molar-refractivity contribution in [1.29, 1.82) is 0 Å². The summed E-state index contributed by atoms with van der Waals surface area (Å²) >= 11 is 0. The lowest BCUT2D eigenvalue weighted by Crippen LogP contribution is -2.23. The Balaban J connectivity index is 1.20. The van der Waals surface area contributed by atoms with Crippen LogP contribution >= 0.6 is 0 Å². The highest BCUT2D eigenvalue weighted by Crippen LogP contribution is 2.38. The summed E-state index contributed by atoms with van der Waals surface area (Å²) in [4.78, 5) is 13.4. The Hall–Kier alpha value is -2.93. The molecule has 4 unspecified atom stereocenters. The highest BCUT2D eigenvalue weighted by molar-refractivity contribution is 5.97. The summed E-state index contributed by atoms with van der Waals surface area (Å²) in [7, 11) is 0. The largest absolute Gasteiger partial charge is 0.294 e. The van der Waals surface area contributed by atoms with E-state index in [4.69, 9.17) is 0 Å². The van der Waals surface area contributed by atoms with Gasteiger partial charge in [-0.15, -0.1) is 0 Å². The lowest BCUT2D eigenvalue weighted by Gasteiger charge is -2.33. The number of carbonyl (C=O) groups excluding carboxylic acids is 1. The van der Waals surface area contributed by atoms with Crippen molar-refractivity contribution in [3.05, 3.63) is 118 Å². The van der Waals surface area contributed by atoms with Crippen LogP contribution in [0.5, 0.6) is 0 Å². The first-order chi connectivity index (χ1) is 22.8. The summed E-state index contributed by atoms with van der Waals surface area (Å²) < 4.78 is 0. The third-order valence-corrected chi connectivity index (χ3v) is 11.4. The van der Waals surface area contributed by atoms with Crippen molar-refractivity contribution < 1.29 is 4.79 Å². The van der Waals surface area contributed by atoms with Crippen LogP contribution in [0.4, 0.5) is 0 Å². The second-order valence-electron chi connectivity index (χ2n) is 15.1. The Labute approximate surface area is 288 Å². The van der Waals surface area contributed by atoms with Gasteiger partial charge >= 0.3 is 0 Å². The summed E-state index contributed by atoms with van der Waals surface area (Å²) in [6, 6.07) is 26.4. The maximum absolute atomic E-state index is 13.4. The van der Waals surface area contributed by atoms with Crippen molar-refractivity contribution in [2.75, 3.05) is 0 Å². The molecule has 0 amide bonds. The zero-order valence-electron chi connectivity index (χ0n) is 30.5. The standard InChI is InChI=1S/C46H64O/c1-7-16-45(43-25-14-23-41-21-11-12-22-42(41)24-15-26-43)36(5)31-34(3)17-9-10-19-38-27-29-44(30-28-38)46(47)37(6)40(8-2)33-39-20-13-18-35(4)32-39/h11-13,18,20-22,27-30,32,36-37,40,43,45H,3,7-10,14-17,19,23-26,31,33H2,1-2,4-6H3. The molecule has 3 aromatic carbocycles. The molecule has 47 heavy (non-hydrogen) atoms. The van der Waals surface area contributed by atoms with E-state index < -0.39 is 0 Å². The molecule has 1 aliphatic rings. The van der Waals surface area contributed by atoms with Gasteiger partial charge in [0.1, 0.15) is 0 Å². The van der Waals surface area contributed by atoms with Gasteiger partial charge in [-0.1, -0.05) is 137 Å². The van der Waals surface area contributed by atoms with Crippen molar-refractivity contribution in [2.45, 2.75) is 131 Å². The van der Waals surface area contributed by atoms with Gasteiger partial charge in [0, 0.05) is 11.5 Å². The highest BCUT2D eigenvalue weighted by atomic mass is 16.1. The topological polar surface area (TPSA) is 17.1 Å². The minimum atomic E-state index is 0.0189. The van der Waals surface area contributed by atoms with Crippen LogP contribution in [-0.4, -0.2) is 5.78 Å². The maximum atomic E-state index is 13.4. The van der Waals surface area contributed by atoms with Crippen LogP contribution in [0.3, 0.4) is 0 Å². The van der Waals surface area contributed by atoms with Crippen molar-refractivity contribution in [3.8, 4) is 0 Å². The number of unbranched alkanes of at least 4 members (excludes halogenated alkanes) is 1. The van der Waals surface area contributed by atoms with Crippen molar-refractivity contribution >= 4 is 5.78 Å². The molecule has 1 aliphatic carbocycles. The number of hydrogen-bond acceptors (Lipinski definition) is 1. The molecule has 0 saturated heterocycles. The maximum Gasteiger partial charge on any atom is 0.165 e. The number of Topliss-reactive ketones (excluding diaryl/α,β-unsaturated/α-hetero) is 1. The SMILES string of the molecule is C=C(CCCCc1ccc(C(=O)C(C)C(CC)Cc2cccc(C)c2)cc1)CC(C)C(CCC)C1CCCc2ccccc2CCC1. The van der Waals surface area contributed by atoms with Crippen LogP contribution in [0, 0.1) is 36.5 Å². The fourth-order valence-electron chi connectivity index (χ4n) is 8.59. The lowest BCUT2D eigenvalue weighted by atomic mass is 9.73. The van der Waals surface area contributed by atoms with Crippen LogP contribution in [-0.2, 0) is 25.7 Å². The van der Waals surface area contributed by atoms with E-state index in [9.17, 15) is 4.79 Å². The fraction of sp³-hybridized carbons (Fsp3) is 0.543. The number of aryl methyl sites for hydroxylation is 4. The van der Waals surface area contributed by atoms with Gasteiger partial charge < -0.3 is 0 Å². The van der Waals surface area contributed by atoms with Gasteiger partial charge in [0.15, 0.2) is 5.78 Å². The molecule has 4 rings (SSSR count). The van der Waals surface area contributed by atoms with E-state index in [1.54, 1.807) is 11.1 Å². The normalized spacial score (nSPS) is 16.6. The van der Waals surface area contributed by atoms with Gasteiger partial charge in [-0.25, -0.2) is 0 Å². The first-order valence-corrected chi connectivity index (χ1v) is 19.2. The van der Waals surface area contributed by atoms with Gasteiger partial charge in [0.25, 0.3) is 0 Å². The highest BCUT2D eigenvalue weighted by Gasteiger charge is 2.27. The zero-order valence-corrected chi connectivity index (χ0v) is 30.5. The molecule has 0 N–H and O–H groups in total. The number of carbonyl (C=O) groups is 1. The monoisotopic (exact) mass is 632 g/mol. The molecule has 0 spiro atoms. The Bertz CT molecular complexity index is 1350. The molecule has 3 aromatic rings. The van der Waals surface area contributed by atoms with E-state index in [1.807, 2.05) is 0 Å². The number of benzene rings is 3. The molecular weight excluding hydrogens is 569 g/mol. The Morgan fingerprint density at radius 2 is 1.53 bits per heavy atom. The molecule has 0 aromatic heterocycles. The van der Waals surface area contributed by atoms with Crippen molar-refractivity contribution in [1.82, 2.24) is 0 Å². The zero-order chi connectivity index (χ0) is 33.6. The molecule has 1 heteroatoms. The Morgan fingerprint density at radius 1 is 0.851 bits per heavy atom. The second kappa shape index (κ2) is 19.2. The minimum absolute atomic E-state index is 0.0189. The van der Waals surface area contributed by atoms with Crippen LogP contribution < -0.4 is 0 Å². The predicted molar refractivity (Wildman–Crippen MR) is 203 cm³/mol. The van der Waals surface area contributed by atoms with E-state index in [-0.39, 0.29) is 11.7 Å². The smallest absolute Gasteiger partial charge is 0.165 e. The van der Waals surface area contributed by atoms with Crippen molar-refractivity contribution in [2.24, 2.45) is 29.6 Å². The summed E-state index contributed by atoms with van der Waals surface area (Å²) in [5, 5.41) is 0. The summed E-state index contributed by atoms with van der Waals surface area (Å²) in [5.74, 6) is 3.04. The van der Waals surface area contributed by atoms with Crippen LogP contribution in [0.25, 0.3) is 0 Å². The number of hydrogen-bond donors (Lipinski definition) is 0. The molecule has 4 atom stereocenters. The molecule has 0 bridgehead atoms. The van der Waals surface area contributed by atoms with E-state index in [0.717, 1.165) is 43.1 Å². The fourth-order valence-corrected chi connectivity index (χ4v) is 8.59. The molecular formula is C46H64O. The van der Waals surface area contributed by atoms with Gasteiger partial charge in [-0.05, 0) is 130 Å². The summed E-state index contributed by atoms with van der Waals surface area (Å²) in [6.45, 7) is 15.9. The van der Waals surface area contributed by atoms with E-state index in [1.165, 1.54) is 92.9 Å². The van der Waals surface area contributed by atoms with E-state index in [0.29, 0.717) is 11.8 Å². The number of ketones is 1. The first-order valence-electron chi connectivity index (χ1n) is 19.2. The quantitative estimate of drug-likeness (QED) is 0.0822. The average Bonchev–Trinajstić information content (AvgIpc) is 3.18. The second-order valence-corrected chi connectivity index (χ2v) is 15.1. The van der Waals surface area contributed by atoms with Gasteiger partial charge in [-0.2, -0.15) is 0 Å². The van der Waals surface area contributed by atoms with E-state index >= 15 is 0 Å². The number of rotatable bonds is 17. The lowest BCUT2D eigenvalue weighted by molar-refractivity contribution is 0.0883. The molecule has 0 radical (unpaired) electrons. The van der Waals surface area contributed by atoms with Crippen LogP contribution in [0.15, 0.2) is 84.9 Å². The third-order valence-electron chi connectivity index (χ3n) is 11.4. The summed E-state index contributed by atoms with van der Waals surface area (Å²) in [5.41, 5.74) is 9.45. The van der Waals surface area contributed by atoms with Gasteiger partial charge in [-0.3, -0.25) is 4.79 Å². The predicted octanol–water partition coefficient (Wildman–Crippen LogP) is 12.8. The molecule has 0 heterocycles. The molecule has 254 valence electrons. The molecule has 0 fully saturated rings. The first kappa shape index (κ1) is 36.9. The van der Waals surface area contributed by atoms with Crippen LogP contribution in [0.1, 0.15) is 136 Å². The Kier molecular flexibility index (Phi) is 15.0. The van der Waals surface area contributed by atoms with Gasteiger partial charge in [0.2, 0.25) is 0 Å².